The molecule has 1 aromatic carbocycles. The third-order valence-corrected chi connectivity index (χ3v) is 6.08. The molecule has 0 unspecified atom stereocenters. The summed E-state index contributed by atoms with van der Waals surface area (Å²) in [4.78, 5) is 19.3. The van der Waals surface area contributed by atoms with Crippen molar-refractivity contribution in [3.8, 4) is 11.3 Å². The van der Waals surface area contributed by atoms with Crippen LogP contribution in [0.5, 0.6) is 0 Å². The molecule has 4 heterocycles. The predicted octanol–water partition coefficient (Wildman–Crippen LogP) is 6.02. The second kappa shape index (κ2) is 8.85. The largest absolute Gasteiger partial charge is 0.454 e. The molecule has 0 atom stereocenters. The van der Waals surface area contributed by atoms with Crippen molar-refractivity contribution in [2.75, 3.05) is 13.1 Å². The third-order valence-electron chi connectivity index (χ3n) is 6.08. The van der Waals surface area contributed by atoms with Gasteiger partial charge in [0, 0.05) is 35.1 Å². The van der Waals surface area contributed by atoms with Crippen LogP contribution in [-0.2, 0) is 6.54 Å². The number of nitrogens with zero attached hydrogens (tertiary/aromatic N) is 2. The molecule has 3 aromatic heterocycles. The molecule has 5 nitrogen and oxygen atoms in total. The number of rotatable bonds is 3. The van der Waals surface area contributed by atoms with Gasteiger partial charge >= 0.3 is 5.63 Å². The Bertz CT molecular complexity index is 1280. The van der Waals surface area contributed by atoms with Crippen LogP contribution in [-0.4, -0.2) is 23.0 Å². The monoisotopic (exact) mass is 438 g/mol. The number of hydrogen-bond donors (Lipinski definition) is 0. The fraction of sp³-hybridized carbons (Fsp3) is 0.360. The molecule has 0 aliphatic carbocycles. The van der Waals surface area contributed by atoms with Gasteiger partial charge in [-0.05, 0) is 63.0 Å². The lowest BCUT2D eigenvalue weighted by atomic mass is 10.1. The van der Waals surface area contributed by atoms with Crippen molar-refractivity contribution in [1.82, 2.24) is 9.88 Å². The minimum absolute atomic E-state index is 0. The van der Waals surface area contributed by atoms with Crippen LogP contribution in [0.25, 0.3) is 33.3 Å². The van der Waals surface area contributed by atoms with E-state index in [0.29, 0.717) is 11.3 Å². The van der Waals surface area contributed by atoms with E-state index in [1.165, 1.54) is 37.3 Å². The van der Waals surface area contributed by atoms with Crippen LogP contribution in [0, 0.1) is 13.8 Å². The van der Waals surface area contributed by atoms with Gasteiger partial charge in [-0.15, -0.1) is 12.4 Å². The first-order valence-corrected chi connectivity index (χ1v) is 10.7. The molecular weight excluding hydrogens is 412 g/mol. The second-order valence-electron chi connectivity index (χ2n) is 8.39. The predicted molar refractivity (Wildman–Crippen MR) is 126 cm³/mol. The third kappa shape index (κ3) is 4.25. The van der Waals surface area contributed by atoms with E-state index in [-0.39, 0.29) is 18.0 Å². The summed E-state index contributed by atoms with van der Waals surface area (Å²) in [5.74, 6) is 0.681. The Hall–Kier alpha value is -2.63. The van der Waals surface area contributed by atoms with Crippen LogP contribution in [0.15, 0.2) is 50.2 Å². The average molecular weight is 439 g/mol. The molecule has 1 aliphatic rings. The van der Waals surface area contributed by atoms with E-state index in [1.54, 1.807) is 0 Å². The highest BCUT2D eigenvalue weighted by Gasteiger charge is 2.18. The van der Waals surface area contributed by atoms with E-state index in [4.69, 9.17) is 8.83 Å². The number of aryl methyl sites for hydroxylation is 2. The minimum atomic E-state index is -0.372. The summed E-state index contributed by atoms with van der Waals surface area (Å²) in [6.07, 6.45) is 7.12. The van der Waals surface area contributed by atoms with Crippen LogP contribution in [0.3, 0.4) is 0 Å². The molecule has 0 saturated carbocycles. The first kappa shape index (κ1) is 21.6. The van der Waals surface area contributed by atoms with Crippen molar-refractivity contribution in [2.24, 2.45) is 0 Å². The van der Waals surface area contributed by atoms with E-state index in [2.05, 4.69) is 16.0 Å². The van der Waals surface area contributed by atoms with Gasteiger partial charge in [-0.3, -0.25) is 9.88 Å². The van der Waals surface area contributed by atoms with Crippen molar-refractivity contribution in [3.05, 3.63) is 63.8 Å². The highest BCUT2D eigenvalue weighted by Crippen LogP contribution is 2.35. The number of aromatic nitrogens is 1. The molecule has 0 bridgehead atoms. The molecule has 0 radical (unpaired) electrons. The second-order valence-corrected chi connectivity index (χ2v) is 8.39. The normalized spacial score (nSPS) is 15.2. The molecular formula is C25H27ClN2O3. The number of benzene rings is 1. The van der Waals surface area contributed by atoms with Crippen molar-refractivity contribution < 1.29 is 8.83 Å². The Balaban J connectivity index is 0.00000231. The number of likely N-dealkylation sites (tertiary alicyclic amines) is 1. The molecule has 6 heteroatoms. The van der Waals surface area contributed by atoms with Crippen molar-refractivity contribution >= 4 is 34.3 Å². The Kier molecular flexibility index (Phi) is 6.17. The van der Waals surface area contributed by atoms with E-state index < -0.39 is 0 Å². The van der Waals surface area contributed by atoms with Gasteiger partial charge in [0.25, 0.3) is 0 Å². The van der Waals surface area contributed by atoms with E-state index in [9.17, 15) is 4.79 Å². The molecule has 1 fully saturated rings. The lowest BCUT2D eigenvalue weighted by molar-refractivity contribution is 0.277. The summed E-state index contributed by atoms with van der Waals surface area (Å²) in [7, 11) is 0. The maximum absolute atomic E-state index is 12.2. The van der Waals surface area contributed by atoms with Crippen molar-refractivity contribution in [1.29, 1.82) is 0 Å². The number of halogens is 1. The zero-order valence-corrected chi connectivity index (χ0v) is 18.8. The van der Waals surface area contributed by atoms with E-state index in [0.717, 1.165) is 52.8 Å². The lowest BCUT2D eigenvalue weighted by Crippen LogP contribution is -2.24. The topological polar surface area (TPSA) is 59.5 Å². The van der Waals surface area contributed by atoms with Crippen LogP contribution in [0.4, 0.5) is 0 Å². The molecule has 4 aromatic rings. The van der Waals surface area contributed by atoms with Crippen molar-refractivity contribution in [2.45, 2.75) is 46.1 Å². The maximum Gasteiger partial charge on any atom is 0.336 e. The van der Waals surface area contributed by atoms with Crippen LogP contribution < -0.4 is 5.63 Å². The van der Waals surface area contributed by atoms with Crippen molar-refractivity contribution in [3.63, 3.8) is 0 Å². The van der Waals surface area contributed by atoms with Gasteiger partial charge in [0.2, 0.25) is 0 Å². The van der Waals surface area contributed by atoms with Gasteiger partial charge in [-0.25, -0.2) is 4.79 Å². The average Bonchev–Trinajstić information content (AvgIpc) is 3.02. The van der Waals surface area contributed by atoms with Gasteiger partial charge in [-0.1, -0.05) is 25.0 Å². The fourth-order valence-electron chi connectivity index (χ4n) is 4.47. The molecule has 1 saturated heterocycles. The Morgan fingerprint density at radius 3 is 2.52 bits per heavy atom. The molecule has 162 valence electrons. The lowest BCUT2D eigenvalue weighted by Gasteiger charge is -2.20. The summed E-state index contributed by atoms with van der Waals surface area (Å²) in [5, 5.41) is 1.95. The van der Waals surface area contributed by atoms with Crippen LogP contribution in [0.2, 0.25) is 0 Å². The van der Waals surface area contributed by atoms with Crippen LogP contribution in [0.1, 0.15) is 42.5 Å². The Morgan fingerprint density at radius 2 is 1.74 bits per heavy atom. The Labute approximate surface area is 187 Å². The smallest absolute Gasteiger partial charge is 0.336 e. The summed E-state index contributed by atoms with van der Waals surface area (Å²) < 4.78 is 11.7. The van der Waals surface area contributed by atoms with Gasteiger partial charge in [0.05, 0.1) is 5.69 Å². The van der Waals surface area contributed by atoms with Gasteiger partial charge < -0.3 is 8.83 Å². The summed E-state index contributed by atoms with van der Waals surface area (Å²) in [5.41, 5.74) is 4.85. The van der Waals surface area contributed by atoms with Crippen LogP contribution >= 0.6 is 12.4 Å². The highest BCUT2D eigenvalue weighted by molar-refractivity contribution is 5.95. The first-order valence-electron chi connectivity index (χ1n) is 10.7. The molecule has 0 N–H and O–H groups in total. The summed E-state index contributed by atoms with van der Waals surface area (Å²) in [6, 6.07) is 9.48. The summed E-state index contributed by atoms with van der Waals surface area (Å²) in [6.45, 7) is 7.08. The minimum Gasteiger partial charge on any atom is -0.454 e. The molecule has 1 aliphatic heterocycles. The number of fused-ring (bicyclic) bond motifs is 2. The molecule has 0 amide bonds. The number of pyridine rings is 1. The molecule has 0 spiro atoms. The number of furan rings is 1. The van der Waals surface area contributed by atoms with Gasteiger partial charge in [0.1, 0.15) is 11.3 Å². The van der Waals surface area contributed by atoms with E-state index in [1.807, 2.05) is 38.2 Å². The highest BCUT2D eigenvalue weighted by atomic mass is 35.5. The quantitative estimate of drug-likeness (QED) is 0.366. The zero-order chi connectivity index (χ0) is 20.7. The van der Waals surface area contributed by atoms with Gasteiger partial charge in [-0.2, -0.15) is 0 Å². The molecule has 31 heavy (non-hydrogen) atoms. The first-order chi connectivity index (χ1) is 14.6. The summed E-state index contributed by atoms with van der Waals surface area (Å²) >= 11 is 0. The molecule has 5 rings (SSSR count). The SMILES string of the molecule is Cc1ccc2c(-c3cc4c(CN5CCCCCC5)cnc(C)c4o3)cc(=O)oc2c1.Cl. The van der Waals surface area contributed by atoms with Gasteiger partial charge in [0.15, 0.2) is 5.58 Å². The zero-order valence-electron chi connectivity index (χ0n) is 17.9. The fourth-order valence-corrected chi connectivity index (χ4v) is 4.47. The Morgan fingerprint density at radius 1 is 0.968 bits per heavy atom. The number of hydrogen-bond acceptors (Lipinski definition) is 5. The standard InChI is InChI=1S/C25H26N2O3.ClH/c1-16-7-8-19-21(13-24(28)29-22(19)11-16)23-12-20-18(14-26-17(2)25(20)30-23)15-27-9-5-3-4-6-10-27;/h7-8,11-14H,3-6,9-10,15H2,1-2H3;1H. The maximum atomic E-state index is 12.2. The van der Waals surface area contributed by atoms with E-state index >= 15 is 0 Å².